The van der Waals surface area contributed by atoms with Crippen LogP contribution in [0.15, 0.2) is 30.3 Å². The highest BCUT2D eigenvalue weighted by Crippen LogP contribution is 2.13. The number of hydrogen-bond acceptors (Lipinski definition) is 2. The normalized spacial score (nSPS) is 12.4. The van der Waals surface area contributed by atoms with Gasteiger partial charge in [0.2, 0.25) is 5.91 Å². The van der Waals surface area contributed by atoms with E-state index in [0.29, 0.717) is 6.54 Å². The molecular weight excluding hydrogens is 224 g/mol. The molecule has 18 heavy (non-hydrogen) atoms. The number of nitrogens with one attached hydrogen (secondary N) is 1. The van der Waals surface area contributed by atoms with Gasteiger partial charge in [0.25, 0.3) is 0 Å². The summed E-state index contributed by atoms with van der Waals surface area (Å²) in [6.45, 7) is 4.73. The first-order valence-electron chi connectivity index (χ1n) is 6.77. The Morgan fingerprint density at radius 1 is 1.22 bits per heavy atom. The molecule has 0 radical (unpaired) electrons. The van der Waals surface area contributed by atoms with Gasteiger partial charge in [-0.3, -0.25) is 4.79 Å². The van der Waals surface area contributed by atoms with Crippen LogP contribution in [0.1, 0.15) is 44.7 Å². The molecule has 0 saturated carbocycles. The van der Waals surface area contributed by atoms with Crippen molar-refractivity contribution in [3.63, 3.8) is 0 Å². The monoisotopic (exact) mass is 248 g/mol. The molecule has 1 aromatic carbocycles. The quantitative estimate of drug-likeness (QED) is 0.779. The zero-order valence-electron chi connectivity index (χ0n) is 11.4. The molecule has 0 saturated heterocycles. The third kappa shape index (κ3) is 4.49. The molecule has 0 aliphatic heterocycles. The minimum Gasteiger partial charge on any atom is -0.356 e. The Labute approximate surface area is 110 Å². The van der Waals surface area contributed by atoms with Crippen LogP contribution in [0, 0.1) is 5.92 Å². The third-order valence-electron chi connectivity index (χ3n) is 3.34. The van der Waals surface area contributed by atoms with E-state index in [1.165, 1.54) is 0 Å². The van der Waals surface area contributed by atoms with Crippen LogP contribution in [0.4, 0.5) is 0 Å². The first-order valence-corrected chi connectivity index (χ1v) is 6.77. The fourth-order valence-corrected chi connectivity index (χ4v) is 2.02. The van der Waals surface area contributed by atoms with Crippen molar-refractivity contribution in [1.29, 1.82) is 0 Å². The van der Waals surface area contributed by atoms with Crippen LogP contribution < -0.4 is 11.1 Å². The van der Waals surface area contributed by atoms with Gasteiger partial charge in [0.15, 0.2) is 0 Å². The summed E-state index contributed by atoms with van der Waals surface area (Å²) in [6.07, 6.45) is 2.57. The lowest BCUT2D eigenvalue weighted by molar-refractivity contribution is -0.125. The third-order valence-corrected chi connectivity index (χ3v) is 3.34. The van der Waals surface area contributed by atoms with Crippen LogP contribution >= 0.6 is 0 Å². The van der Waals surface area contributed by atoms with Crippen LogP contribution in [0.5, 0.6) is 0 Å². The molecule has 0 aliphatic rings. The van der Waals surface area contributed by atoms with Gasteiger partial charge in [-0.25, -0.2) is 0 Å². The van der Waals surface area contributed by atoms with Crippen molar-refractivity contribution < 1.29 is 4.79 Å². The minimum absolute atomic E-state index is 0.00629. The Morgan fingerprint density at radius 3 is 2.39 bits per heavy atom. The lowest BCUT2D eigenvalue weighted by Crippen LogP contribution is -2.32. The zero-order chi connectivity index (χ0) is 13.4. The molecule has 0 spiro atoms. The van der Waals surface area contributed by atoms with Crippen molar-refractivity contribution >= 4 is 5.91 Å². The van der Waals surface area contributed by atoms with E-state index in [2.05, 4.69) is 5.32 Å². The number of nitrogens with two attached hydrogens (primary N) is 1. The minimum atomic E-state index is -0.00629. The van der Waals surface area contributed by atoms with Crippen molar-refractivity contribution in [2.45, 2.75) is 39.2 Å². The molecule has 1 rings (SSSR count). The summed E-state index contributed by atoms with van der Waals surface area (Å²) in [5.74, 6) is 0.290. The van der Waals surface area contributed by atoms with Crippen molar-refractivity contribution in [3.8, 4) is 0 Å². The van der Waals surface area contributed by atoms with Crippen LogP contribution in [0.25, 0.3) is 0 Å². The van der Waals surface area contributed by atoms with E-state index >= 15 is 0 Å². The average Bonchev–Trinajstić information content (AvgIpc) is 2.41. The lowest BCUT2D eigenvalue weighted by Gasteiger charge is -2.15. The van der Waals surface area contributed by atoms with Crippen molar-refractivity contribution in [1.82, 2.24) is 5.32 Å². The van der Waals surface area contributed by atoms with Crippen molar-refractivity contribution in [2.75, 3.05) is 6.54 Å². The first kappa shape index (κ1) is 14.7. The topological polar surface area (TPSA) is 55.1 Å². The molecule has 0 bridgehead atoms. The number of rotatable bonds is 7. The Bertz CT molecular complexity index is 347. The zero-order valence-corrected chi connectivity index (χ0v) is 11.4. The van der Waals surface area contributed by atoms with E-state index in [9.17, 15) is 4.79 Å². The predicted molar refractivity (Wildman–Crippen MR) is 75.1 cm³/mol. The Kier molecular flexibility index (Phi) is 6.44. The summed E-state index contributed by atoms with van der Waals surface area (Å²) >= 11 is 0. The Hall–Kier alpha value is -1.35. The molecule has 0 fully saturated rings. The molecular formula is C15H24N2O. The summed E-state index contributed by atoms with van der Waals surface area (Å²) in [5, 5.41) is 2.97. The fourth-order valence-electron chi connectivity index (χ4n) is 2.02. The molecule has 3 nitrogen and oxygen atoms in total. The Morgan fingerprint density at radius 2 is 1.83 bits per heavy atom. The smallest absolute Gasteiger partial charge is 0.223 e. The van der Waals surface area contributed by atoms with Crippen LogP contribution in [0.2, 0.25) is 0 Å². The average molecular weight is 248 g/mol. The number of carbonyl (C=O) groups excluding carboxylic acids is 1. The second kappa shape index (κ2) is 7.88. The van der Waals surface area contributed by atoms with Crippen LogP contribution in [0.3, 0.4) is 0 Å². The van der Waals surface area contributed by atoms with Gasteiger partial charge < -0.3 is 11.1 Å². The molecule has 1 unspecified atom stereocenters. The van der Waals surface area contributed by atoms with E-state index in [0.717, 1.165) is 24.8 Å². The lowest BCUT2D eigenvalue weighted by atomic mass is 10.0. The van der Waals surface area contributed by atoms with Gasteiger partial charge >= 0.3 is 0 Å². The first-order chi connectivity index (χ1) is 8.69. The van der Waals surface area contributed by atoms with Crippen molar-refractivity contribution in [2.24, 2.45) is 11.7 Å². The van der Waals surface area contributed by atoms with Crippen LogP contribution in [-0.2, 0) is 4.79 Å². The second-order valence-electron chi connectivity index (χ2n) is 4.61. The number of hydrogen-bond donors (Lipinski definition) is 2. The molecule has 1 atom stereocenters. The fraction of sp³-hybridized carbons (Fsp3) is 0.533. The number of carbonyl (C=O) groups is 1. The predicted octanol–water partition coefficient (Wildman–Crippen LogP) is 2.63. The van der Waals surface area contributed by atoms with E-state index < -0.39 is 0 Å². The maximum Gasteiger partial charge on any atom is 0.223 e. The molecule has 1 amide bonds. The standard InChI is InChI=1S/C15H24N2O/c1-3-12(4-2)15(18)17-11-10-14(16)13-8-6-5-7-9-13/h5-9,12,14H,3-4,10-11,16H2,1-2H3,(H,17,18). The van der Waals surface area contributed by atoms with E-state index in [4.69, 9.17) is 5.73 Å². The summed E-state index contributed by atoms with van der Waals surface area (Å²) in [7, 11) is 0. The van der Waals surface area contributed by atoms with E-state index in [-0.39, 0.29) is 17.9 Å². The molecule has 0 aromatic heterocycles. The maximum absolute atomic E-state index is 11.8. The van der Waals surface area contributed by atoms with Gasteiger partial charge in [-0.2, -0.15) is 0 Å². The largest absolute Gasteiger partial charge is 0.356 e. The number of amides is 1. The van der Waals surface area contributed by atoms with Gasteiger partial charge in [0, 0.05) is 18.5 Å². The SMILES string of the molecule is CCC(CC)C(=O)NCCC(N)c1ccccc1. The molecule has 0 aliphatic carbocycles. The summed E-state index contributed by atoms with van der Waals surface area (Å²) in [5.41, 5.74) is 7.19. The Balaban J connectivity index is 2.32. The van der Waals surface area contributed by atoms with E-state index in [1.54, 1.807) is 0 Å². The highest BCUT2D eigenvalue weighted by molar-refractivity contribution is 5.78. The molecule has 1 aromatic rings. The summed E-state index contributed by atoms with van der Waals surface area (Å²) in [6, 6.07) is 9.98. The molecule has 0 heterocycles. The highest BCUT2D eigenvalue weighted by atomic mass is 16.1. The summed E-state index contributed by atoms with van der Waals surface area (Å²) in [4.78, 5) is 11.8. The van der Waals surface area contributed by atoms with Crippen molar-refractivity contribution in [3.05, 3.63) is 35.9 Å². The highest BCUT2D eigenvalue weighted by Gasteiger charge is 2.13. The van der Waals surface area contributed by atoms with Gasteiger partial charge in [-0.05, 0) is 24.8 Å². The van der Waals surface area contributed by atoms with Gasteiger partial charge in [0.05, 0.1) is 0 Å². The van der Waals surface area contributed by atoms with Gasteiger partial charge in [-0.1, -0.05) is 44.2 Å². The second-order valence-corrected chi connectivity index (χ2v) is 4.61. The molecule has 3 N–H and O–H groups in total. The summed E-state index contributed by atoms with van der Waals surface area (Å²) < 4.78 is 0. The van der Waals surface area contributed by atoms with Crippen LogP contribution in [-0.4, -0.2) is 12.5 Å². The van der Waals surface area contributed by atoms with Gasteiger partial charge in [-0.15, -0.1) is 0 Å². The van der Waals surface area contributed by atoms with E-state index in [1.807, 2.05) is 44.2 Å². The maximum atomic E-state index is 11.8. The molecule has 3 heteroatoms. The molecule has 100 valence electrons. The van der Waals surface area contributed by atoms with Gasteiger partial charge in [0.1, 0.15) is 0 Å². The number of benzene rings is 1.